The number of nitrogens with one attached hydrogen (secondary N) is 2. The number of rotatable bonds is 4. The van der Waals surface area contributed by atoms with Gasteiger partial charge in [-0.1, -0.05) is 26.0 Å². The molecule has 2 N–H and O–H groups in total. The van der Waals surface area contributed by atoms with E-state index >= 15 is 0 Å². The minimum Gasteiger partial charge on any atom is -0.355 e. The first-order valence-corrected chi connectivity index (χ1v) is 8.33. The zero-order valence-electron chi connectivity index (χ0n) is 12.3. The molecular weight excluding hydrogens is 290 g/mol. The van der Waals surface area contributed by atoms with Gasteiger partial charge in [-0.05, 0) is 25.0 Å². The van der Waals surface area contributed by atoms with Crippen molar-refractivity contribution in [2.75, 3.05) is 6.54 Å². The first-order chi connectivity index (χ1) is 9.86. The van der Waals surface area contributed by atoms with Crippen LogP contribution in [0.1, 0.15) is 26.3 Å². The summed E-state index contributed by atoms with van der Waals surface area (Å²) in [7, 11) is -3.58. The maximum atomic E-state index is 12.1. The number of aliphatic imine (C=N–C) groups is 1. The van der Waals surface area contributed by atoms with Gasteiger partial charge in [0.1, 0.15) is 11.9 Å². The average molecular weight is 309 g/mol. The lowest BCUT2D eigenvalue weighted by atomic mass is 10.0. The van der Waals surface area contributed by atoms with Crippen LogP contribution in [-0.4, -0.2) is 32.7 Å². The molecule has 0 saturated heterocycles. The van der Waals surface area contributed by atoms with Gasteiger partial charge in [-0.15, -0.1) is 0 Å². The molecule has 0 unspecified atom stereocenters. The summed E-state index contributed by atoms with van der Waals surface area (Å²) in [6, 6.07) is 5.98. The Balaban J connectivity index is 2.44. The van der Waals surface area contributed by atoms with Crippen LogP contribution in [0.2, 0.25) is 0 Å². The number of hydrogen-bond acceptors (Lipinski definition) is 4. The van der Waals surface area contributed by atoms with Gasteiger partial charge in [0.25, 0.3) is 10.0 Å². The van der Waals surface area contributed by atoms with Gasteiger partial charge in [-0.25, -0.2) is 8.42 Å². The van der Waals surface area contributed by atoms with Crippen LogP contribution in [0, 0.1) is 5.92 Å². The Labute approximate surface area is 124 Å². The lowest BCUT2D eigenvalue weighted by molar-refractivity contribution is -0.123. The SMILES string of the molecule is CCNC(=O)[C@H](N=C1NS(=O)(=O)c2ccccc21)C(C)C. The van der Waals surface area contributed by atoms with Crippen molar-refractivity contribution < 1.29 is 13.2 Å². The fourth-order valence-corrected chi connectivity index (χ4v) is 3.40. The van der Waals surface area contributed by atoms with Crippen LogP contribution in [0.25, 0.3) is 0 Å². The maximum absolute atomic E-state index is 12.1. The Morgan fingerprint density at radius 2 is 2.00 bits per heavy atom. The van der Waals surface area contributed by atoms with Crippen molar-refractivity contribution in [3.63, 3.8) is 0 Å². The summed E-state index contributed by atoms with van der Waals surface area (Å²) in [5.41, 5.74) is 0.507. The molecule has 0 aliphatic carbocycles. The molecule has 1 amide bonds. The van der Waals surface area contributed by atoms with Crippen molar-refractivity contribution in [2.24, 2.45) is 10.9 Å². The van der Waals surface area contributed by atoms with Crippen LogP contribution >= 0.6 is 0 Å². The van der Waals surface area contributed by atoms with E-state index < -0.39 is 16.1 Å². The van der Waals surface area contributed by atoms with Gasteiger partial charge in [0.15, 0.2) is 0 Å². The van der Waals surface area contributed by atoms with E-state index in [4.69, 9.17) is 0 Å². The third-order valence-electron chi connectivity index (χ3n) is 3.18. The molecule has 0 aromatic heterocycles. The molecule has 1 aromatic carbocycles. The number of carbonyl (C=O) groups excluding carboxylic acids is 1. The molecule has 7 heteroatoms. The molecule has 0 fully saturated rings. The summed E-state index contributed by atoms with van der Waals surface area (Å²) in [5.74, 6) is -0.0135. The second kappa shape index (κ2) is 5.85. The highest BCUT2D eigenvalue weighted by Gasteiger charge is 2.32. The van der Waals surface area contributed by atoms with Gasteiger partial charge in [0, 0.05) is 12.1 Å². The lowest BCUT2D eigenvalue weighted by Crippen LogP contribution is -2.38. The van der Waals surface area contributed by atoms with Crippen LogP contribution in [0.5, 0.6) is 0 Å². The Hall–Kier alpha value is -1.89. The molecule has 1 heterocycles. The molecule has 1 aromatic rings. The monoisotopic (exact) mass is 309 g/mol. The molecular formula is C14H19N3O3S. The Morgan fingerprint density at radius 3 is 2.62 bits per heavy atom. The molecule has 6 nitrogen and oxygen atoms in total. The average Bonchev–Trinajstić information content (AvgIpc) is 2.68. The normalized spacial score (nSPS) is 19.1. The van der Waals surface area contributed by atoms with Crippen LogP contribution in [-0.2, 0) is 14.8 Å². The van der Waals surface area contributed by atoms with Gasteiger partial charge in [-0.2, -0.15) is 0 Å². The molecule has 21 heavy (non-hydrogen) atoms. The quantitative estimate of drug-likeness (QED) is 0.865. The molecule has 2 rings (SSSR count). The number of nitrogens with zero attached hydrogens (tertiary/aromatic N) is 1. The van der Waals surface area contributed by atoms with Crippen molar-refractivity contribution in [3.05, 3.63) is 29.8 Å². The summed E-state index contributed by atoms with van der Waals surface area (Å²) < 4.78 is 26.5. The van der Waals surface area contributed by atoms with Gasteiger partial charge in [0.2, 0.25) is 5.91 Å². The predicted octanol–water partition coefficient (Wildman–Crippen LogP) is 0.886. The molecule has 114 valence electrons. The number of carbonyl (C=O) groups is 1. The summed E-state index contributed by atoms with van der Waals surface area (Å²) >= 11 is 0. The number of amidine groups is 1. The first-order valence-electron chi connectivity index (χ1n) is 6.84. The highest BCUT2D eigenvalue weighted by molar-refractivity contribution is 7.90. The number of amides is 1. The second-order valence-corrected chi connectivity index (χ2v) is 6.81. The minimum absolute atomic E-state index is 0.0404. The van der Waals surface area contributed by atoms with Gasteiger partial charge in [0.05, 0.1) is 4.90 Å². The van der Waals surface area contributed by atoms with Crippen molar-refractivity contribution in [2.45, 2.75) is 31.7 Å². The highest BCUT2D eigenvalue weighted by atomic mass is 32.2. The van der Waals surface area contributed by atoms with Crippen LogP contribution in [0.15, 0.2) is 34.2 Å². The van der Waals surface area contributed by atoms with E-state index in [0.29, 0.717) is 12.1 Å². The van der Waals surface area contributed by atoms with Crippen LogP contribution in [0.4, 0.5) is 0 Å². The lowest BCUT2D eigenvalue weighted by Gasteiger charge is -2.16. The third kappa shape index (κ3) is 3.07. The summed E-state index contributed by atoms with van der Waals surface area (Å²) in [6.07, 6.45) is 0. The summed E-state index contributed by atoms with van der Waals surface area (Å²) in [6.45, 7) is 6.09. The minimum atomic E-state index is -3.58. The maximum Gasteiger partial charge on any atom is 0.263 e. The van der Waals surface area contributed by atoms with Crippen molar-refractivity contribution in [1.82, 2.24) is 10.0 Å². The van der Waals surface area contributed by atoms with E-state index in [9.17, 15) is 13.2 Å². The topological polar surface area (TPSA) is 87.6 Å². The third-order valence-corrected chi connectivity index (χ3v) is 4.58. The molecule has 0 spiro atoms. The molecule has 1 atom stereocenters. The standard InChI is InChI=1S/C14H19N3O3S/c1-4-15-14(18)12(9(2)3)16-13-10-7-5-6-8-11(10)21(19,20)17-13/h5-9,12H,4H2,1-3H3,(H,15,18)(H,16,17)/t12-/m1/s1. The fraction of sp³-hybridized carbons (Fsp3) is 0.429. The highest BCUT2D eigenvalue weighted by Crippen LogP contribution is 2.23. The van der Waals surface area contributed by atoms with Gasteiger partial charge < -0.3 is 5.32 Å². The van der Waals surface area contributed by atoms with E-state index in [1.54, 1.807) is 18.2 Å². The number of hydrogen-bond donors (Lipinski definition) is 2. The predicted molar refractivity (Wildman–Crippen MR) is 80.6 cm³/mol. The zero-order chi connectivity index (χ0) is 15.6. The van der Waals surface area contributed by atoms with Crippen molar-refractivity contribution in [3.8, 4) is 0 Å². The molecule has 0 radical (unpaired) electrons. The first kappa shape index (κ1) is 15.5. The Bertz CT molecular complexity index is 680. The van der Waals surface area contributed by atoms with E-state index in [-0.39, 0.29) is 22.6 Å². The van der Waals surface area contributed by atoms with Gasteiger partial charge >= 0.3 is 0 Å². The number of likely N-dealkylation sites (N-methyl/N-ethyl adjacent to an activating group) is 1. The molecule has 1 aliphatic rings. The number of benzene rings is 1. The van der Waals surface area contributed by atoms with Crippen molar-refractivity contribution in [1.29, 1.82) is 0 Å². The number of fused-ring (bicyclic) bond motifs is 1. The van der Waals surface area contributed by atoms with E-state index in [2.05, 4.69) is 15.0 Å². The van der Waals surface area contributed by atoms with Crippen LogP contribution in [0.3, 0.4) is 0 Å². The Morgan fingerprint density at radius 1 is 1.33 bits per heavy atom. The van der Waals surface area contributed by atoms with E-state index in [1.165, 1.54) is 6.07 Å². The van der Waals surface area contributed by atoms with E-state index in [0.717, 1.165) is 0 Å². The van der Waals surface area contributed by atoms with Gasteiger partial charge in [-0.3, -0.25) is 14.5 Å². The zero-order valence-corrected chi connectivity index (χ0v) is 13.1. The molecule has 0 bridgehead atoms. The van der Waals surface area contributed by atoms with E-state index in [1.807, 2.05) is 20.8 Å². The summed E-state index contributed by atoms with van der Waals surface area (Å²) in [5, 5.41) is 2.72. The Kier molecular flexibility index (Phi) is 4.32. The largest absolute Gasteiger partial charge is 0.355 e. The molecule has 0 saturated carbocycles. The fourth-order valence-electron chi connectivity index (χ4n) is 2.16. The van der Waals surface area contributed by atoms with Crippen molar-refractivity contribution >= 4 is 21.8 Å². The summed E-state index contributed by atoms with van der Waals surface area (Å²) in [4.78, 5) is 16.6. The van der Waals surface area contributed by atoms with Crippen LogP contribution < -0.4 is 10.0 Å². The number of sulfonamides is 1. The second-order valence-electron chi connectivity index (χ2n) is 5.16. The smallest absolute Gasteiger partial charge is 0.263 e. The molecule has 1 aliphatic heterocycles.